The minimum Gasteiger partial charge on any atom is -0.281 e. The maximum absolute atomic E-state index is 13.1. The van der Waals surface area contributed by atoms with Crippen LogP contribution in [0.2, 0.25) is 5.02 Å². The number of halogens is 3. The molecule has 21 heavy (non-hydrogen) atoms. The van der Waals surface area contributed by atoms with Crippen molar-refractivity contribution < 1.29 is 21.2 Å². The number of rotatable bonds is 3. The van der Waals surface area contributed by atoms with Crippen LogP contribution in [0.15, 0.2) is 16.6 Å². The third kappa shape index (κ3) is 4.08. The molecular formula is C11H12BrClFNO4S2. The Morgan fingerprint density at radius 1 is 1.29 bits per heavy atom. The molecule has 5 nitrogen and oxygen atoms in total. The molecule has 1 fully saturated rings. The quantitative estimate of drug-likeness (QED) is 0.815. The highest BCUT2D eigenvalue weighted by Gasteiger charge is 2.33. The van der Waals surface area contributed by atoms with Gasteiger partial charge in [0.05, 0.1) is 27.5 Å². The second-order valence-corrected chi connectivity index (χ2v) is 10.3. The lowest BCUT2D eigenvalue weighted by Gasteiger charge is -2.23. The summed E-state index contributed by atoms with van der Waals surface area (Å²) < 4.78 is 62.8. The lowest BCUT2D eigenvalue weighted by atomic mass is 10.2. The first-order valence-electron chi connectivity index (χ1n) is 5.97. The number of hydrogen-bond donors (Lipinski definition) is 1. The molecule has 1 aromatic rings. The average Bonchev–Trinajstić information content (AvgIpc) is 2.33. The van der Waals surface area contributed by atoms with Crippen LogP contribution in [0.3, 0.4) is 0 Å². The van der Waals surface area contributed by atoms with Gasteiger partial charge in [0.1, 0.15) is 15.7 Å². The summed E-state index contributed by atoms with van der Waals surface area (Å²) in [6.45, 7) is 0. The van der Waals surface area contributed by atoms with Gasteiger partial charge in [0, 0.05) is 4.47 Å². The lowest BCUT2D eigenvalue weighted by Crippen LogP contribution is -2.36. The number of benzene rings is 1. The zero-order valence-corrected chi connectivity index (χ0v) is 14.6. The van der Waals surface area contributed by atoms with E-state index in [1.807, 2.05) is 0 Å². The Balaban J connectivity index is 2.23. The number of hydrogen-bond acceptors (Lipinski definition) is 4. The molecule has 0 atom stereocenters. The minimum atomic E-state index is -3.80. The van der Waals surface area contributed by atoms with Crippen LogP contribution in [0.25, 0.3) is 0 Å². The third-order valence-electron chi connectivity index (χ3n) is 3.19. The van der Waals surface area contributed by atoms with Crippen molar-refractivity contribution in [3.63, 3.8) is 0 Å². The van der Waals surface area contributed by atoms with Crippen LogP contribution >= 0.6 is 27.5 Å². The maximum Gasteiger partial charge on any atom is 0.235 e. The largest absolute Gasteiger partial charge is 0.281 e. The van der Waals surface area contributed by atoms with Gasteiger partial charge in [-0.25, -0.2) is 21.2 Å². The molecular weight excluding hydrogens is 409 g/mol. The summed E-state index contributed by atoms with van der Waals surface area (Å²) in [5.41, 5.74) is 0.0477. The van der Waals surface area contributed by atoms with Gasteiger partial charge in [-0.05, 0) is 40.9 Å². The summed E-state index contributed by atoms with van der Waals surface area (Å²) >= 11 is 8.88. The molecule has 1 aliphatic rings. The van der Waals surface area contributed by atoms with Gasteiger partial charge in [0.15, 0.2) is 0 Å². The van der Waals surface area contributed by atoms with Crippen LogP contribution in [0, 0.1) is 5.82 Å². The van der Waals surface area contributed by atoms with Crippen molar-refractivity contribution in [3.05, 3.63) is 27.4 Å². The topological polar surface area (TPSA) is 80.3 Å². The fourth-order valence-corrected chi connectivity index (χ4v) is 6.45. The lowest BCUT2D eigenvalue weighted by molar-refractivity contribution is 0.555. The van der Waals surface area contributed by atoms with Crippen molar-refractivity contribution in [3.8, 4) is 0 Å². The normalized spacial score (nSPS) is 19.4. The Labute approximate surface area is 136 Å². The van der Waals surface area contributed by atoms with Crippen molar-refractivity contribution in [2.24, 2.45) is 0 Å². The molecule has 0 spiro atoms. The van der Waals surface area contributed by atoms with Gasteiger partial charge in [-0.3, -0.25) is 4.72 Å². The van der Waals surface area contributed by atoms with E-state index in [1.54, 1.807) is 0 Å². The minimum absolute atomic E-state index is 0.0358. The SMILES string of the molecule is O=S1(=O)CCC(S(=O)(=O)Nc2c(Cl)cc(F)cc2Br)CC1. The van der Waals surface area contributed by atoms with Gasteiger partial charge < -0.3 is 0 Å². The standard InChI is InChI=1S/C11H12BrClFNO4S2/c12-9-5-7(14)6-10(13)11(9)15-21(18,19)8-1-3-20(16,17)4-2-8/h5-6,8,15H,1-4H2. The molecule has 1 saturated heterocycles. The van der Waals surface area contributed by atoms with Crippen molar-refractivity contribution >= 4 is 53.1 Å². The van der Waals surface area contributed by atoms with E-state index in [2.05, 4.69) is 20.7 Å². The van der Waals surface area contributed by atoms with Gasteiger partial charge in [-0.2, -0.15) is 0 Å². The molecule has 0 amide bonds. The molecule has 1 N–H and O–H groups in total. The van der Waals surface area contributed by atoms with Crippen LogP contribution in [-0.4, -0.2) is 33.6 Å². The third-order valence-corrected chi connectivity index (χ3v) is 7.67. The number of nitrogens with one attached hydrogen (secondary N) is 1. The second kappa shape index (κ2) is 6.02. The molecule has 10 heteroatoms. The van der Waals surface area contributed by atoms with E-state index in [0.717, 1.165) is 12.1 Å². The summed E-state index contributed by atoms with van der Waals surface area (Å²) in [4.78, 5) is 0. The summed E-state index contributed by atoms with van der Waals surface area (Å²) in [6.07, 6.45) is 0.0716. The zero-order valence-electron chi connectivity index (χ0n) is 10.6. The number of anilines is 1. The second-order valence-electron chi connectivity index (χ2n) is 4.74. The summed E-state index contributed by atoms with van der Waals surface area (Å²) in [5, 5.41) is -0.886. The number of sulfone groups is 1. The summed E-state index contributed by atoms with van der Waals surface area (Å²) in [5.74, 6) is -0.910. The van der Waals surface area contributed by atoms with E-state index in [-0.39, 0.29) is 39.5 Å². The van der Waals surface area contributed by atoms with E-state index >= 15 is 0 Å². The highest BCUT2D eigenvalue weighted by atomic mass is 79.9. The fourth-order valence-electron chi connectivity index (χ4n) is 2.04. The first kappa shape index (κ1) is 17.0. The van der Waals surface area contributed by atoms with Gasteiger partial charge in [0.25, 0.3) is 0 Å². The Morgan fingerprint density at radius 2 is 1.86 bits per heavy atom. The van der Waals surface area contributed by atoms with Crippen LogP contribution < -0.4 is 4.72 Å². The van der Waals surface area contributed by atoms with Crippen LogP contribution in [0.4, 0.5) is 10.1 Å². The molecule has 1 aromatic carbocycles. The summed E-state index contributed by atoms with van der Waals surface area (Å²) in [7, 11) is -6.94. The van der Waals surface area contributed by atoms with E-state index in [9.17, 15) is 21.2 Å². The van der Waals surface area contributed by atoms with Gasteiger partial charge in [-0.15, -0.1) is 0 Å². The van der Waals surface area contributed by atoms with Gasteiger partial charge >= 0.3 is 0 Å². The Bertz CT molecular complexity index is 729. The molecule has 0 aromatic heterocycles. The van der Waals surface area contributed by atoms with Crippen molar-refractivity contribution in [1.29, 1.82) is 0 Å². The van der Waals surface area contributed by atoms with Gasteiger partial charge in [-0.1, -0.05) is 11.6 Å². The monoisotopic (exact) mass is 419 g/mol. The first-order valence-corrected chi connectivity index (χ1v) is 10.5. The Hall–Kier alpha value is -0.380. The molecule has 1 aliphatic heterocycles. The van der Waals surface area contributed by atoms with Crippen molar-refractivity contribution in [1.82, 2.24) is 0 Å². The molecule has 0 saturated carbocycles. The first-order chi connectivity index (χ1) is 9.61. The van der Waals surface area contributed by atoms with Crippen molar-refractivity contribution in [2.75, 3.05) is 16.2 Å². The van der Waals surface area contributed by atoms with E-state index in [4.69, 9.17) is 11.6 Å². The fraction of sp³-hybridized carbons (Fsp3) is 0.455. The predicted molar refractivity (Wildman–Crippen MR) is 83.3 cm³/mol. The van der Waals surface area contributed by atoms with E-state index < -0.39 is 30.9 Å². The maximum atomic E-state index is 13.1. The van der Waals surface area contributed by atoms with E-state index in [1.165, 1.54) is 0 Å². The number of sulfonamides is 1. The Kier molecular flexibility index (Phi) is 4.87. The average molecular weight is 421 g/mol. The molecule has 1 heterocycles. The summed E-state index contributed by atoms with van der Waals surface area (Å²) in [6, 6.07) is 2.09. The Morgan fingerprint density at radius 3 is 2.38 bits per heavy atom. The smallest absolute Gasteiger partial charge is 0.235 e. The molecule has 118 valence electrons. The predicted octanol–water partition coefficient (Wildman–Crippen LogP) is 2.56. The van der Waals surface area contributed by atoms with Crippen LogP contribution in [-0.2, 0) is 19.9 Å². The molecule has 0 radical (unpaired) electrons. The molecule has 0 aliphatic carbocycles. The van der Waals surface area contributed by atoms with Crippen molar-refractivity contribution in [2.45, 2.75) is 18.1 Å². The van der Waals surface area contributed by atoms with E-state index in [0.29, 0.717) is 0 Å². The van der Waals surface area contributed by atoms with Crippen LogP contribution in [0.5, 0.6) is 0 Å². The van der Waals surface area contributed by atoms with Crippen LogP contribution in [0.1, 0.15) is 12.8 Å². The highest BCUT2D eigenvalue weighted by molar-refractivity contribution is 9.10. The highest BCUT2D eigenvalue weighted by Crippen LogP contribution is 2.33. The zero-order chi connectivity index (χ0) is 15.8. The molecule has 2 rings (SSSR count). The molecule has 0 bridgehead atoms. The molecule has 0 unspecified atom stereocenters. The van der Waals surface area contributed by atoms with Gasteiger partial charge in [0.2, 0.25) is 10.0 Å².